The van der Waals surface area contributed by atoms with Gasteiger partial charge in [0.25, 0.3) is 0 Å². The molecule has 1 heterocycles. The molecule has 0 aromatic heterocycles. The summed E-state index contributed by atoms with van der Waals surface area (Å²) in [6.45, 7) is 8.30. The zero-order chi connectivity index (χ0) is 10.2. The van der Waals surface area contributed by atoms with Crippen LogP contribution >= 0.6 is 0 Å². The summed E-state index contributed by atoms with van der Waals surface area (Å²) >= 11 is 0. The van der Waals surface area contributed by atoms with Crippen LogP contribution in [0.2, 0.25) is 0 Å². The normalized spacial score (nSPS) is 20.5. The fourth-order valence-corrected chi connectivity index (χ4v) is 1.24. The lowest BCUT2D eigenvalue weighted by atomic mass is 9.87. The average Bonchev–Trinajstić information content (AvgIpc) is 2.26. The van der Waals surface area contributed by atoms with Gasteiger partial charge in [0.15, 0.2) is 0 Å². The van der Waals surface area contributed by atoms with E-state index in [-0.39, 0.29) is 29.9 Å². The highest BCUT2D eigenvalue weighted by atomic mass is 16.2. The van der Waals surface area contributed by atoms with Crippen LogP contribution in [0.1, 0.15) is 27.7 Å². The van der Waals surface area contributed by atoms with Crippen LogP contribution in [0.15, 0.2) is 0 Å². The maximum atomic E-state index is 11.3. The first-order valence-electron chi connectivity index (χ1n) is 4.43. The molecule has 0 aliphatic carbocycles. The van der Waals surface area contributed by atoms with Gasteiger partial charge in [-0.1, -0.05) is 20.8 Å². The fraction of sp³-hybridized carbons (Fsp3) is 0.778. The van der Waals surface area contributed by atoms with Crippen LogP contribution in [0.3, 0.4) is 0 Å². The number of carbonyl (C=O) groups excluding carboxylic acids is 2. The molecule has 0 spiro atoms. The molecule has 1 saturated heterocycles. The van der Waals surface area contributed by atoms with E-state index in [9.17, 15) is 9.59 Å². The summed E-state index contributed by atoms with van der Waals surface area (Å²) < 4.78 is 0. The molecule has 1 rings (SSSR count). The molecule has 4 nitrogen and oxygen atoms in total. The Morgan fingerprint density at radius 1 is 1.38 bits per heavy atom. The number of urea groups is 1. The van der Waals surface area contributed by atoms with Gasteiger partial charge in [-0.25, -0.2) is 4.79 Å². The largest absolute Gasteiger partial charge is 0.324 e. The molecule has 3 amide bonds. The highest BCUT2D eigenvalue weighted by Crippen LogP contribution is 2.24. The number of imide groups is 1. The van der Waals surface area contributed by atoms with E-state index in [2.05, 4.69) is 5.32 Å². The molecule has 0 aromatic rings. The van der Waals surface area contributed by atoms with Gasteiger partial charge >= 0.3 is 6.03 Å². The van der Waals surface area contributed by atoms with Crippen LogP contribution < -0.4 is 5.32 Å². The third-order valence-corrected chi connectivity index (χ3v) is 2.54. The number of carbonyl (C=O) groups is 2. The quantitative estimate of drug-likeness (QED) is 0.617. The first kappa shape index (κ1) is 10.0. The third-order valence-electron chi connectivity index (χ3n) is 2.54. The van der Waals surface area contributed by atoms with Gasteiger partial charge in [0.1, 0.15) is 6.54 Å². The average molecular weight is 184 g/mol. The van der Waals surface area contributed by atoms with Gasteiger partial charge in [-0.3, -0.25) is 10.1 Å². The first-order chi connectivity index (χ1) is 5.82. The minimum Gasteiger partial charge on any atom is -0.312 e. The molecular formula is C9H16N2O2. The van der Waals surface area contributed by atoms with E-state index in [4.69, 9.17) is 0 Å². The van der Waals surface area contributed by atoms with Gasteiger partial charge in [-0.15, -0.1) is 0 Å². The zero-order valence-corrected chi connectivity index (χ0v) is 8.55. The molecule has 1 atom stereocenters. The van der Waals surface area contributed by atoms with E-state index in [1.54, 1.807) is 4.90 Å². The molecule has 0 bridgehead atoms. The summed E-state index contributed by atoms with van der Waals surface area (Å²) in [5.41, 5.74) is 0.00194. The topological polar surface area (TPSA) is 49.4 Å². The molecule has 4 heteroatoms. The van der Waals surface area contributed by atoms with Gasteiger partial charge in [-0.2, -0.15) is 0 Å². The van der Waals surface area contributed by atoms with E-state index >= 15 is 0 Å². The Labute approximate surface area is 78.3 Å². The first-order valence-corrected chi connectivity index (χ1v) is 4.43. The molecule has 1 aliphatic heterocycles. The van der Waals surface area contributed by atoms with Crippen LogP contribution in [0, 0.1) is 5.41 Å². The van der Waals surface area contributed by atoms with E-state index in [0.29, 0.717) is 0 Å². The van der Waals surface area contributed by atoms with Crippen molar-refractivity contribution < 1.29 is 9.59 Å². The Balaban J connectivity index is 2.73. The second kappa shape index (κ2) is 3.01. The molecule has 74 valence electrons. The lowest BCUT2D eigenvalue weighted by Crippen LogP contribution is -2.43. The number of nitrogens with zero attached hydrogens (tertiary/aromatic N) is 1. The van der Waals surface area contributed by atoms with Crippen molar-refractivity contribution in [1.82, 2.24) is 10.2 Å². The van der Waals surface area contributed by atoms with Crippen LogP contribution in [0.5, 0.6) is 0 Å². The van der Waals surface area contributed by atoms with Crippen molar-refractivity contribution in [2.75, 3.05) is 6.54 Å². The van der Waals surface area contributed by atoms with E-state index in [0.717, 1.165) is 0 Å². The van der Waals surface area contributed by atoms with Crippen LogP contribution in [-0.4, -0.2) is 29.4 Å². The summed E-state index contributed by atoms with van der Waals surface area (Å²) in [5.74, 6) is -0.207. The van der Waals surface area contributed by atoms with Gasteiger partial charge in [0.05, 0.1) is 0 Å². The second-order valence-corrected chi connectivity index (χ2v) is 4.52. The number of hydrogen-bond donors (Lipinski definition) is 1. The number of amides is 3. The van der Waals surface area contributed by atoms with Crippen LogP contribution in [0.4, 0.5) is 4.79 Å². The lowest BCUT2D eigenvalue weighted by Gasteiger charge is -2.33. The SMILES string of the molecule is CC(N1CC(=O)NC1=O)C(C)(C)C. The minimum absolute atomic E-state index is 0.00194. The Bertz CT molecular complexity index is 242. The van der Waals surface area contributed by atoms with Crippen molar-refractivity contribution >= 4 is 11.9 Å². The Kier molecular flexibility index (Phi) is 2.32. The maximum Gasteiger partial charge on any atom is 0.324 e. The van der Waals surface area contributed by atoms with Gasteiger partial charge in [0.2, 0.25) is 5.91 Å². The molecule has 0 aromatic carbocycles. The fourth-order valence-electron chi connectivity index (χ4n) is 1.24. The maximum absolute atomic E-state index is 11.3. The summed E-state index contributed by atoms with van der Waals surface area (Å²) in [4.78, 5) is 23.8. The molecule has 1 aliphatic rings. The number of hydrogen-bond acceptors (Lipinski definition) is 2. The highest BCUT2D eigenvalue weighted by molar-refractivity contribution is 6.02. The smallest absolute Gasteiger partial charge is 0.312 e. The summed E-state index contributed by atoms with van der Waals surface area (Å²) in [7, 11) is 0. The van der Waals surface area contributed by atoms with Gasteiger partial charge in [-0.05, 0) is 12.3 Å². The van der Waals surface area contributed by atoms with Crippen molar-refractivity contribution in [3.05, 3.63) is 0 Å². The summed E-state index contributed by atoms with van der Waals surface area (Å²) in [5, 5.41) is 2.27. The molecule has 1 unspecified atom stereocenters. The van der Waals surface area contributed by atoms with Crippen LogP contribution in [-0.2, 0) is 4.79 Å². The molecular weight excluding hydrogens is 168 g/mol. The van der Waals surface area contributed by atoms with E-state index < -0.39 is 0 Å². The van der Waals surface area contributed by atoms with E-state index in [1.165, 1.54) is 0 Å². The molecule has 1 fully saturated rings. The molecule has 1 N–H and O–H groups in total. The summed E-state index contributed by atoms with van der Waals surface area (Å²) in [6.07, 6.45) is 0. The van der Waals surface area contributed by atoms with Gasteiger partial charge in [0, 0.05) is 6.04 Å². The monoisotopic (exact) mass is 184 g/mol. The highest BCUT2D eigenvalue weighted by Gasteiger charge is 2.35. The van der Waals surface area contributed by atoms with Crippen molar-refractivity contribution in [2.45, 2.75) is 33.7 Å². The second-order valence-electron chi connectivity index (χ2n) is 4.52. The third kappa shape index (κ3) is 1.99. The predicted octanol–water partition coefficient (Wildman–Crippen LogP) is 0.973. The zero-order valence-electron chi connectivity index (χ0n) is 8.55. The minimum atomic E-state index is -0.271. The number of rotatable bonds is 1. The van der Waals surface area contributed by atoms with E-state index in [1.807, 2.05) is 27.7 Å². The molecule has 0 radical (unpaired) electrons. The summed E-state index contributed by atoms with van der Waals surface area (Å²) in [6, 6.07) is -0.202. The van der Waals surface area contributed by atoms with Crippen LogP contribution in [0.25, 0.3) is 0 Å². The van der Waals surface area contributed by atoms with Gasteiger partial charge < -0.3 is 4.90 Å². The molecule has 0 saturated carbocycles. The standard InChI is InChI=1S/C9H16N2O2/c1-6(9(2,3)4)11-5-7(12)10-8(11)13/h6H,5H2,1-4H3,(H,10,12,13). The van der Waals surface area contributed by atoms with Crippen molar-refractivity contribution in [3.8, 4) is 0 Å². The van der Waals surface area contributed by atoms with Crippen molar-refractivity contribution in [2.24, 2.45) is 5.41 Å². The molecule has 13 heavy (non-hydrogen) atoms. The Hall–Kier alpha value is -1.06. The van der Waals surface area contributed by atoms with Crippen molar-refractivity contribution in [3.63, 3.8) is 0 Å². The van der Waals surface area contributed by atoms with Crippen molar-refractivity contribution in [1.29, 1.82) is 0 Å². The Morgan fingerprint density at radius 3 is 2.23 bits per heavy atom. The Morgan fingerprint density at radius 2 is 1.92 bits per heavy atom. The number of nitrogens with one attached hydrogen (secondary N) is 1. The predicted molar refractivity (Wildman–Crippen MR) is 49.2 cm³/mol. The lowest BCUT2D eigenvalue weighted by molar-refractivity contribution is -0.118.